The summed E-state index contributed by atoms with van der Waals surface area (Å²) in [6.45, 7) is 2.10. The van der Waals surface area contributed by atoms with E-state index in [9.17, 15) is 4.79 Å². The molecule has 6 heteroatoms. The molecule has 0 saturated carbocycles. The second kappa shape index (κ2) is 7.24. The van der Waals surface area contributed by atoms with E-state index in [1.807, 2.05) is 13.0 Å². The van der Waals surface area contributed by atoms with Crippen LogP contribution in [-0.2, 0) is 9.63 Å². The Morgan fingerprint density at radius 3 is 2.68 bits per heavy atom. The highest BCUT2D eigenvalue weighted by atomic mass is 16.7. The van der Waals surface area contributed by atoms with E-state index in [4.69, 9.17) is 19.6 Å². The third kappa shape index (κ3) is 4.16. The van der Waals surface area contributed by atoms with E-state index in [0.717, 1.165) is 5.06 Å². The summed E-state index contributed by atoms with van der Waals surface area (Å²) in [7, 11) is 2.89. The van der Waals surface area contributed by atoms with Crippen molar-refractivity contribution in [3.63, 3.8) is 0 Å². The molecule has 0 spiro atoms. The highest BCUT2D eigenvalue weighted by Gasteiger charge is 2.12. The summed E-state index contributed by atoms with van der Waals surface area (Å²) in [5.41, 5.74) is 0.469. The molecule has 0 unspecified atom stereocenters. The van der Waals surface area contributed by atoms with Crippen LogP contribution in [0, 0.1) is 11.3 Å². The van der Waals surface area contributed by atoms with Crippen LogP contribution >= 0.6 is 0 Å². The minimum atomic E-state index is -0.325. The average molecular weight is 264 g/mol. The molecule has 0 N–H and O–H groups in total. The zero-order valence-electron chi connectivity index (χ0n) is 11.2. The van der Waals surface area contributed by atoms with Gasteiger partial charge in [0.15, 0.2) is 18.1 Å². The van der Waals surface area contributed by atoms with Crippen LogP contribution in [0.5, 0.6) is 11.5 Å². The number of carbonyl (C=O) groups excluding carboxylic acids is 1. The maximum Gasteiger partial charge on any atom is 0.283 e. The lowest BCUT2D eigenvalue weighted by Crippen LogP contribution is -2.30. The maximum atomic E-state index is 11.5. The van der Waals surface area contributed by atoms with Gasteiger partial charge in [-0.15, -0.1) is 0 Å². The van der Waals surface area contributed by atoms with Crippen LogP contribution in [0.25, 0.3) is 0 Å². The number of rotatable bonds is 6. The van der Waals surface area contributed by atoms with Crippen molar-refractivity contribution >= 4 is 5.91 Å². The Morgan fingerprint density at radius 1 is 1.37 bits per heavy atom. The summed E-state index contributed by atoms with van der Waals surface area (Å²) in [6.07, 6.45) is 0. The first-order chi connectivity index (χ1) is 9.12. The monoisotopic (exact) mass is 264 g/mol. The number of hydrogen-bond acceptors (Lipinski definition) is 5. The number of hydrogen-bond donors (Lipinski definition) is 0. The summed E-state index contributed by atoms with van der Waals surface area (Å²) in [4.78, 5) is 16.3. The molecule has 0 aliphatic carbocycles. The number of ether oxygens (including phenoxy) is 2. The zero-order chi connectivity index (χ0) is 14.3. The Hall–Kier alpha value is -2.26. The third-order valence-corrected chi connectivity index (χ3v) is 2.35. The first kappa shape index (κ1) is 14.8. The number of carbonyl (C=O) groups is 1. The quantitative estimate of drug-likeness (QED) is 0.725. The fraction of sp³-hybridized carbons (Fsp3) is 0.385. The van der Waals surface area contributed by atoms with E-state index < -0.39 is 0 Å². The second-order valence-electron chi connectivity index (χ2n) is 3.57. The molecule has 0 bridgehead atoms. The molecule has 102 valence electrons. The van der Waals surface area contributed by atoms with Gasteiger partial charge in [0.2, 0.25) is 0 Å². The van der Waals surface area contributed by atoms with Gasteiger partial charge in [-0.05, 0) is 19.1 Å². The molecule has 6 nitrogen and oxygen atoms in total. The van der Waals surface area contributed by atoms with Crippen LogP contribution < -0.4 is 9.47 Å². The van der Waals surface area contributed by atoms with Crippen LogP contribution in [0.1, 0.15) is 12.5 Å². The zero-order valence-corrected chi connectivity index (χ0v) is 11.2. The van der Waals surface area contributed by atoms with Crippen molar-refractivity contribution in [2.75, 3.05) is 27.4 Å². The summed E-state index contributed by atoms with van der Waals surface area (Å²) in [5, 5.41) is 9.89. The van der Waals surface area contributed by atoms with Crippen molar-refractivity contribution in [1.29, 1.82) is 5.26 Å². The summed E-state index contributed by atoms with van der Waals surface area (Å²) in [6, 6.07) is 6.79. The van der Waals surface area contributed by atoms with Gasteiger partial charge >= 0.3 is 0 Å². The van der Waals surface area contributed by atoms with Gasteiger partial charge in [0.05, 0.1) is 25.3 Å². The van der Waals surface area contributed by atoms with E-state index in [1.54, 1.807) is 18.2 Å². The first-order valence-corrected chi connectivity index (χ1v) is 5.72. The number of nitrogens with zero attached hydrogens (tertiary/aromatic N) is 2. The molecule has 1 amide bonds. The van der Waals surface area contributed by atoms with E-state index in [0.29, 0.717) is 23.7 Å². The van der Waals surface area contributed by atoms with E-state index in [-0.39, 0.29) is 12.5 Å². The van der Waals surface area contributed by atoms with Gasteiger partial charge in [-0.1, -0.05) is 0 Å². The van der Waals surface area contributed by atoms with Gasteiger partial charge in [-0.2, -0.15) is 5.26 Å². The fourth-order valence-corrected chi connectivity index (χ4v) is 1.30. The smallest absolute Gasteiger partial charge is 0.283 e. The lowest BCUT2D eigenvalue weighted by Gasteiger charge is -2.15. The average Bonchev–Trinajstić information content (AvgIpc) is 2.44. The first-order valence-electron chi connectivity index (χ1n) is 5.72. The molecule has 1 aromatic rings. The van der Waals surface area contributed by atoms with Crippen LogP contribution in [-0.4, -0.2) is 38.3 Å². The summed E-state index contributed by atoms with van der Waals surface area (Å²) < 4.78 is 10.7. The van der Waals surface area contributed by atoms with Crippen LogP contribution in [0.4, 0.5) is 0 Å². The SMILES string of the molecule is CCOc1cc(C#N)ccc1OCC(=O)N(C)OC. The van der Waals surface area contributed by atoms with Crippen molar-refractivity contribution in [2.45, 2.75) is 6.92 Å². The normalized spacial score (nSPS) is 9.58. The topological polar surface area (TPSA) is 71.8 Å². The minimum absolute atomic E-state index is 0.170. The summed E-state index contributed by atoms with van der Waals surface area (Å²) >= 11 is 0. The third-order valence-electron chi connectivity index (χ3n) is 2.35. The van der Waals surface area contributed by atoms with Gasteiger partial charge in [-0.25, -0.2) is 5.06 Å². The molecule has 19 heavy (non-hydrogen) atoms. The predicted molar refractivity (Wildman–Crippen MR) is 67.6 cm³/mol. The van der Waals surface area contributed by atoms with E-state index >= 15 is 0 Å². The highest BCUT2D eigenvalue weighted by molar-refractivity contribution is 5.76. The molecule has 0 aromatic heterocycles. The maximum absolute atomic E-state index is 11.5. The Labute approximate surface area is 112 Å². The standard InChI is InChI=1S/C13H16N2O4/c1-4-18-12-7-10(8-14)5-6-11(12)19-9-13(16)15(2)17-3/h5-7H,4,9H2,1-3H3. The number of likely N-dealkylation sites (N-methyl/N-ethyl adjacent to an activating group) is 1. The molecule has 0 atom stereocenters. The van der Waals surface area contributed by atoms with Gasteiger partial charge in [0.25, 0.3) is 5.91 Å². The molecule has 0 fully saturated rings. The molecule has 0 saturated heterocycles. The number of hydroxylamine groups is 2. The lowest BCUT2D eigenvalue weighted by atomic mass is 10.2. The van der Waals surface area contributed by atoms with E-state index in [1.165, 1.54) is 14.2 Å². The molecule has 1 rings (SSSR count). The van der Waals surface area contributed by atoms with Crippen LogP contribution in [0.2, 0.25) is 0 Å². The van der Waals surface area contributed by atoms with Crippen molar-refractivity contribution < 1.29 is 19.1 Å². The Balaban J connectivity index is 2.77. The predicted octanol–water partition coefficient (Wildman–Crippen LogP) is 1.36. The largest absolute Gasteiger partial charge is 0.490 e. The molecule has 0 aliphatic rings. The van der Waals surface area contributed by atoms with Crippen LogP contribution in [0.3, 0.4) is 0 Å². The molecule has 0 aliphatic heterocycles. The minimum Gasteiger partial charge on any atom is -0.490 e. The fourth-order valence-electron chi connectivity index (χ4n) is 1.30. The molecular weight excluding hydrogens is 248 g/mol. The second-order valence-corrected chi connectivity index (χ2v) is 3.57. The molecule has 1 aromatic carbocycles. The number of benzene rings is 1. The van der Waals surface area contributed by atoms with Crippen LogP contribution in [0.15, 0.2) is 18.2 Å². The molecule has 0 radical (unpaired) electrons. The highest BCUT2D eigenvalue weighted by Crippen LogP contribution is 2.28. The van der Waals surface area contributed by atoms with Gasteiger partial charge in [0.1, 0.15) is 0 Å². The van der Waals surface area contributed by atoms with E-state index in [2.05, 4.69) is 0 Å². The molecular formula is C13H16N2O4. The van der Waals surface area contributed by atoms with Crippen molar-refractivity contribution in [2.24, 2.45) is 0 Å². The summed E-state index contributed by atoms with van der Waals surface area (Å²) in [5.74, 6) is 0.530. The van der Waals surface area contributed by atoms with Crippen molar-refractivity contribution in [3.05, 3.63) is 23.8 Å². The Bertz CT molecular complexity index is 482. The lowest BCUT2D eigenvalue weighted by molar-refractivity contribution is -0.170. The van der Waals surface area contributed by atoms with Gasteiger partial charge in [-0.3, -0.25) is 9.63 Å². The molecule has 0 heterocycles. The Kier molecular flexibility index (Phi) is 5.64. The Morgan fingerprint density at radius 2 is 2.11 bits per heavy atom. The number of nitriles is 1. The number of amides is 1. The van der Waals surface area contributed by atoms with Gasteiger partial charge in [0, 0.05) is 13.1 Å². The van der Waals surface area contributed by atoms with Crippen molar-refractivity contribution in [1.82, 2.24) is 5.06 Å². The van der Waals surface area contributed by atoms with Crippen molar-refractivity contribution in [3.8, 4) is 17.6 Å². The van der Waals surface area contributed by atoms with Gasteiger partial charge < -0.3 is 9.47 Å².